The smallest absolute Gasteiger partial charge is 0.242 e. The van der Waals surface area contributed by atoms with Crippen molar-refractivity contribution in [3.8, 4) is 0 Å². The standard InChI is InChI=1S/C16H19ClN4O/c1-2-13(21-14-7-5-10-19-15(14)17)16(22)20-11-8-12-6-3-4-9-18-12/h3-7,9-10,13,21H,2,8,11H2,1H3,(H,20,22). The fraction of sp³-hybridized carbons (Fsp3) is 0.312. The number of carbonyl (C=O) groups is 1. The first-order chi connectivity index (χ1) is 10.7. The second-order valence-corrected chi connectivity index (χ2v) is 5.17. The Bertz CT molecular complexity index is 606. The molecule has 2 heterocycles. The Hall–Kier alpha value is -2.14. The van der Waals surface area contributed by atoms with Crippen LogP contribution < -0.4 is 10.6 Å². The first kappa shape index (κ1) is 16.2. The van der Waals surface area contributed by atoms with Crippen molar-refractivity contribution in [1.29, 1.82) is 0 Å². The zero-order valence-electron chi connectivity index (χ0n) is 12.4. The van der Waals surface area contributed by atoms with E-state index in [4.69, 9.17) is 11.6 Å². The van der Waals surface area contributed by atoms with Crippen LogP contribution in [0.1, 0.15) is 19.0 Å². The molecule has 0 radical (unpaired) electrons. The van der Waals surface area contributed by atoms with Gasteiger partial charge in [0.25, 0.3) is 0 Å². The van der Waals surface area contributed by atoms with Crippen LogP contribution in [-0.4, -0.2) is 28.5 Å². The van der Waals surface area contributed by atoms with E-state index in [2.05, 4.69) is 20.6 Å². The Morgan fingerprint density at radius 1 is 1.23 bits per heavy atom. The molecule has 0 aliphatic rings. The summed E-state index contributed by atoms with van der Waals surface area (Å²) in [5, 5.41) is 6.40. The number of halogens is 1. The largest absolute Gasteiger partial charge is 0.371 e. The molecule has 0 aliphatic heterocycles. The fourth-order valence-corrected chi connectivity index (χ4v) is 2.19. The van der Waals surface area contributed by atoms with Crippen LogP contribution in [0.15, 0.2) is 42.7 Å². The number of aromatic nitrogens is 2. The molecule has 2 aromatic heterocycles. The molecule has 1 amide bonds. The maximum atomic E-state index is 12.2. The van der Waals surface area contributed by atoms with Gasteiger partial charge in [-0.1, -0.05) is 24.6 Å². The number of pyridine rings is 2. The molecule has 5 nitrogen and oxygen atoms in total. The van der Waals surface area contributed by atoms with Crippen LogP contribution in [0.3, 0.4) is 0 Å². The summed E-state index contributed by atoms with van der Waals surface area (Å²) in [7, 11) is 0. The van der Waals surface area contributed by atoms with Crippen molar-refractivity contribution in [3.63, 3.8) is 0 Å². The Labute approximate surface area is 135 Å². The molecule has 0 fully saturated rings. The summed E-state index contributed by atoms with van der Waals surface area (Å²) in [5.41, 5.74) is 1.62. The van der Waals surface area contributed by atoms with E-state index in [-0.39, 0.29) is 11.9 Å². The molecule has 6 heteroatoms. The number of nitrogens with one attached hydrogen (secondary N) is 2. The Morgan fingerprint density at radius 2 is 2.05 bits per heavy atom. The van der Waals surface area contributed by atoms with Gasteiger partial charge >= 0.3 is 0 Å². The van der Waals surface area contributed by atoms with E-state index in [0.717, 1.165) is 5.69 Å². The van der Waals surface area contributed by atoms with Crippen LogP contribution in [0.25, 0.3) is 0 Å². The molecular formula is C16H19ClN4O. The molecule has 0 bridgehead atoms. The molecule has 22 heavy (non-hydrogen) atoms. The minimum absolute atomic E-state index is 0.0571. The average Bonchev–Trinajstić information content (AvgIpc) is 2.55. The summed E-state index contributed by atoms with van der Waals surface area (Å²) in [6.45, 7) is 2.50. The topological polar surface area (TPSA) is 66.9 Å². The third kappa shape index (κ3) is 4.70. The van der Waals surface area contributed by atoms with Gasteiger partial charge in [-0.25, -0.2) is 4.98 Å². The lowest BCUT2D eigenvalue weighted by Gasteiger charge is -2.18. The minimum atomic E-state index is -0.342. The number of hydrogen-bond donors (Lipinski definition) is 2. The number of nitrogens with zero attached hydrogens (tertiary/aromatic N) is 2. The van der Waals surface area contributed by atoms with E-state index in [1.807, 2.05) is 25.1 Å². The highest BCUT2D eigenvalue weighted by atomic mass is 35.5. The molecule has 0 saturated heterocycles. The second-order valence-electron chi connectivity index (χ2n) is 4.81. The maximum Gasteiger partial charge on any atom is 0.242 e. The Kier molecular flexibility index (Phi) is 6.15. The van der Waals surface area contributed by atoms with Gasteiger partial charge in [-0.2, -0.15) is 0 Å². The number of carbonyl (C=O) groups excluding carboxylic acids is 1. The van der Waals surface area contributed by atoms with Gasteiger partial charge in [-0.3, -0.25) is 9.78 Å². The highest BCUT2D eigenvalue weighted by Crippen LogP contribution is 2.19. The van der Waals surface area contributed by atoms with Gasteiger partial charge in [0.1, 0.15) is 6.04 Å². The molecule has 1 unspecified atom stereocenters. The number of rotatable bonds is 7. The van der Waals surface area contributed by atoms with E-state index in [0.29, 0.717) is 30.2 Å². The molecule has 0 spiro atoms. The number of hydrogen-bond acceptors (Lipinski definition) is 4. The lowest BCUT2D eigenvalue weighted by atomic mass is 10.2. The zero-order chi connectivity index (χ0) is 15.8. The predicted octanol–water partition coefficient (Wildman–Crippen LogP) is 2.68. The van der Waals surface area contributed by atoms with E-state index in [1.54, 1.807) is 24.5 Å². The Morgan fingerprint density at radius 3 is 2.73 bits per heavy atom. The first-order valence-corrected chi connectivity index (χ1v) is 7.63. The average molecular weight is 319 g/mol. The molecular weight excluding hydrogens is 300 g/mol. The SMILES string of the molecule is CCC(Nc1cccnc1Cl)C(=O)NCCc1ccccn1. The summed E-state index contributed by atoms with van der Waals surface area (Å²) in [6, 6.07) is 8.99. The number of amides is 1. The maximum absolute atomic E-state index is 12.2. The summed E-state index contributed by atoms with van der Waals surface area (Å²) >= 11 is 6.00. The van der Waals surface area contributed by atoms with Crippen molar-refractivity contribution >= 4 is 23.2 Å². The van der Waals surface area contributed by atoms with E-state index < -0.39 is 0 Å². The van der Waals surface area contributed by atoms with Crippen molar-refractivity contribution in [3.05, 3.63) is 53.6 Å². The van der Waals surface area contributed by atoms with Crippen LogP contribution in [0.5, 0.6) is 0 Å². The van der Waals surface area contributed by atoms with Crippen LogP contribution >= 0.6 is 11.6 Å². The van der Waals surface area contributed by atoms with Gasteiger partial charge in [0, 0.05) is 31.1 Å². The lowest BCUT2D eigenvalue weighted by molar-refractivity contribution is -0.121. The van der Waals surface area contributed by atoms with Crippen LogP contribution in [0, 0.1) is 0 Å². The van der Waals surface area contributed by atoms with Crippen molar-refractivity contribution in [2.45, 2.75) is 25.8 Å². The molecule has 116 valence electrons. The van der Waals surface area contributed by atoms with Crippen LogP contribution in [0.4, 0.5) is 5.69 Å². The van der Waals surface area contributed by atoms with Crippen molar-refractivity contribution in [1.82, 2.24) is 15.3 Å². The number of anilines is 1. The fourth-order valence-electron chi connectivity index (χ4n) is 2.02. The quantitative estimate of drug-likeness (QED) is 0.770. The first-order valence-electron chi connectivity index (χ1n) is 7.25. The van der Waals surface area contributed by atoms with Gasteiger partial charge in [0.2, 0.25) is 5.91 Å². The van der Waals surface area contributed by atoms with Crippen molar-refractivity contribution in [2.75, 3.05) is 11.9 Å². The minimum Gasteiger partial charge on any atom is -0.371 e. The van der Waals surface area contributed by atoms with E-state index in [1.165, 1.54) is 0 Å². The third-order valence-electron chi connectivity index (χ3n) is 3.22. The summed E-state index contributed by atoms with van der Waals surface area (Å²) in [5.74, 6) is -0.0571. The highest BCUT2D eigenvalue weighted by molar-refractivity contribution is 6.32. The monoisotopic (exact) mass is 318 g/mol. The van der Waals surface area contributed by atoms with Gasteiger partial charge in [-0.05, 0) is 30.7 Å². The normalized spacial score (nSPS) is 11.7. The Balaban J connectivity index is 1.85. The van der Waals surface area contributed by atoms with Crippen molar-refractivity contribution in [2.24, 2.45) is 0 Å². The molecule has 0 aromatic carbocycles. The van der Waals surface area contributed by atoms with Crippen LogP contribution in [0.2, 0.25) is 5.15 Å². The van der Waals surface area contributed by atoms with Gasteiger partial charge in [-0.15, -0.1) is 0 Å². The van der Waals surface area contributed by atoms with Crippen molar-refractivity contribution < 1.29 is 4.79 Å². The van der Waals surface area contributed by atoms with Gasteiger partial charge in [0.05, 0.1) is 5.69 Å². The van der Waals surface area contributed by atoms with E-state index >= 15 is 0 Å². The summed E-state index contributed by atoms with van der Waals surface area (Å²) in [4.78, 5) is 20.4. The summed E-state index contributed by atoms with van der Waals surface area (Å²) < 4.78 is 0. The van der Waals surface area contributed by atoms with Crippen LogP contribution in [-0.2, 0) is 11.2 Å². The highest BCUT2D eigenvalue weighted by Gasteiger charge is 2.16. The predicted molar refractivity (Wildman–Crippen MR) is 87.9 cm³/mol. The molecule has 2 aromatic rings. The molecule has 1 atom stereocenters. The molecule has 0 aliphatic carbocycles. The van der Waals surface area contributed by atoms with Gasteiger partial charge in [0.15, 0.2) is 5.15 Å². The second kappa shape index (κ2) is 8.34. The third-order valence-corrected chi connectivity index (χ3v) is 3.52. The molecule has 0 saturated carbocycles. The molecule has 2 rings (SSSR count). The zero-order valence-corrected chi connectivity index (χ0v) is 13.2. The van der Waals surface area contributed by atoms with Gasteiger partial charge < -0.3 is 10.6 Å². The molecule has 2 N–H and O–H groups in total. The van der Waals surface area contributed by atoms with E-state index in [9.17, 15) is 4.79 Å². The lowest BCUT2D eigenvalue weighted by Crippen LogP contribution is -2.40. The summed E-state index contributed by atoms with van der Waals surface area (Å²) in [6.07, 6.45) is 4.72.